The number of carbonyl (C=O) groups excluding carboxylic acids is 1. The Kier molecular flexibility index (Phi) is 5.87. The van der Waals surface area contributed by atoms with E-state index in [0.717, 1.165) is 0 Å². The van der Waals surface area contributed by atoms with Crippen LogP contribution in [0.1, 0.15) is 23.5 Å². The molecule has 0 fully saturated rings. The lowest BCUT2D eigenvalue weighted by Crippen LogP contribution is -2.27. The molecule has 1 aromatic heterocycles. The number of hydrogen-bond acceptors (Lipinski definition) is 3. The number of carbonyl (C=O) groups is 1. The predicted octanol–water partition coefficient (Wildman–Crippen LogP) is 2.88. The highest BCUT2D eigenvalue weighted by atomic mass is 35.5. The second-order valence-corrected chi connectivity index (χ2v) is 4.82. The molecule has 0 aromatic carbocycles. The average molecular weight is 301 g/mol. The van der Waals surface area contributed by atoms with Crippen molar-refractivity contribution in [1.82, 2.24) is 10.3 Å². The molecule has 0 aliphatic rings. The molecule has 1 rings (SSSR count). The summed E-state index contributed by atoms with van der Waals surface area (Å²) in [7, 11) is 0. The van der Waals surface area contributed by atoms with Crippen molar-refractivity contribution < 1.29 is 18.0 Å². The first-order chi connectivity index (χ1) is 8.40. The van der Waals surface area contributed by atoms with E-state index in [-0.39, 0.29) is 31.2 Å². The van der Waals surface area contributed by atoms with E-state index in [9.17, 15) is 18.0 Å². The molecular formula is C10H12ClF3N2OS. The molecule has 0 atom stereocenters. The Morgan fingerprint density at radius 1 is 1.50 bits per heavy atom. The second-order valence-electron chi connectivity index (χ2n) is 3.61. The first-order valence-corrected chi connectivity index (χ1v) is 6.65. The molecule has 0 unspecified atom stereocenters. The number of amides is 1. The van der Waals surface area contributed by atoms with Gasteiger partial charge >= 0.3 is 6.18 Å². The van der Waals surface area contributed by atoms with Crippen LogP contribution in [0.5, 0.6) is 0 Å². The zero-order valence-corrected chi connectivity index (χ0v) is 11.0. The summed E-state index contributed by atoms with van der Waals surface area (Å²) in [6, 6.07) is 0. The first-order valence-electron chi connectivity index (χ1n) is 5.23. The maximum Gasteiger partial charge on any atom is 0.389 e. The first kappa shape index (κ1) is 15.2. The summed E-state index contributed by atoms with van der Waals surface area (Å²) in [5, 5.41) is 4.79. The summed E-state index contributed by atoms with van der Waals surface area (Å²) >= 11 is 6.87. The fourth-order valence-corrected chi connectivity index (χ4v) is 2.23. The van der Waals surface area contributed by atoms with Crippen LogP contribution in [0.4, 0.5) is 13.2 Å². The number of alkyl halides is 4. The van der Waals surface area contributed by atoms with Crippen molar-refractivity contribution in [3.05, 3.63) is 16.1 Å². The number of nitrogens with one attached hydrogen (secondary N) is 1. The third-order valence-corrected chi connectivity index (χ3v) is 3.18. The molecule has 8 heteroatoms. The van der Waals surface area contributed by atoms with E-state index in [1.807, 2.05) is 0 Å². The van der Waals surface area contributed by atoms with Crippen LogP contribution >= 0.6 is 22.9 Å². The highest BCUT2D eigenvalue weighted by molar-refractivity contribution is 7.09. The number of rotatable bonds is 6. The van der Waals surface area contributed by atoms with E-state index >= 15 is 0 Å². The van der Waals surface area contributed by atoms with Crippen LogP contribution in [0.2, 0.25) is 0 Å². The molecule has 0 radical (unpaired) electrons. The Morgan fingerprint density at radius 2 is 2.22 bits per heavy atom. The van der Waals surface area contributed by atoms with Crippen LogP contribution in [-0.2, 0) is 17.1 Å². The Morgan fingerprint density at radius 3 is 2.78 bits per heavy atom. The van der Waals surface area contributed by atoms with Crippen LogP contribution in [0, 0.1) is 0 Å². The normalized spacial score (nSPS) is 11.6. The lowest BCUT2D eigenvalue weighted by Gasteiger charge is -2.06. The molecule has 18 heavy (non-hydrogen) atoms. The molecule has 1 aromatic rings. The summed E-state index contributed by atoms with van der Waals surface area (Å²) in [6.07, 6.45) is -5.09. The molecule has 1 amide bonds. The van der Waals surface area contributed by atoms with Crippen LogP contribution in [0.15, 0.2) is 5.38 Å². The summed E-state index contributed by atoms with van der Waals surface area (Å²) in [4.78, 5) is 15.5. The monoisotopic (exact) mass is 300 g/mol. The van der Waals surface area contributed by atoms with Crippen molar-refractivity contribution in [2.75, 3.05) is 6.54 Å². The zero-order valence-electron chi connectivity index (χ0n) is 9.39. The number of halogens is 4. The van der Waals surface area contributed by atoms with E-state index in [1.54, 1.807) is 5.38 Å². The van der Waals surface area contributed by atoms with E-state index in [4.69, 9.17) is 11.6 Å². The van der Waals surface area contributed by atoms with Gasteiger partial charge in [0.2, 0.25) is 5.91 Å². The highest BCUT2D eigenvalue weighted by Crippen LogP contribution is 2.20. The lowest BCUT2D eigenvalue weighted by atomic mass is 10.3. The molecule has 0 aliphatic carbocycles. The van der Waals surface area contributed by atoms with Crippen molar-refractivity contribution >= 4 is 28.8 Å². The largest absolute Gasteiger partial charge is 0.389 e. The SMILES string of the molecule is O=C(Cc1nc(CCl)cs1)NCCCC(F)(F)F. The number of aromatic nitrogens is 1. The van der Waals surface area contributed by atoms with Gasteiger partial charge in [0.1, 0.15) is 5.01 Å². The predicted molar refractivity (Wildman–Crippen MR) is 63.7 cm³/mol. The van der Waals surface area contributed by atoms with Gasteiger partial charge < -0.3 is 5.32 Å². The van der Waals surface area contributed by atoms with Gasteiger partial charge in [0, 0.05) is 18.3 Å². The minimum Gasteiger partial charge on any atom is -0.356 e. The van der Waals surface area contributed by atoms with Gasteiger partial charge in [-0.3, -0.25) is 4.79 Å². The third-order valence-electron chi connectivity index (χ3n) is 2.01. The van der Waals surface area contributed by atoms with Gasteiger partial charge in [-0.15, -0.1) is 22.9 Å². The lowest BCUT2D eigenvalue weighted by molar-refractivity contribution is -0.136. The van der Waals surface area contributed by atoms with Gasteiger partial charge in [-0.05, 0) is 6.42 Å². The van der Waals surface area contributed by atoms with Gasteiger partial charge in [0.05, 0.1) is 18.0 Å². The summed E-state index contributed by atoms with van der Waals surface area (Å²) < 4.78 is 35.5. The topological polar surface area (TPSA) is 42.0 Å². The molecule has 0 saturated heterocycles. The van der Waals surface area contributed by atoms with Crippen LogP contribution in [-0.4, -0.2) is 23.6 Å². The summed E-state index contributed by atoms with van der Waals surface area (Å²) in [5.41, 5.74) is 0.696. The van der Waals surface area contributed by atoms with Gasteiger partial charge in [-0.1, -0.05) is 0 Å². The van der Waals surface area contributed by atoms with Gasteiger partial charge in [-0.25, -0.2) is 4.98 Å². The molecule has 0 saturated carbocycles. The smallest absolute Gasteiger partial charge is 0.356 e. The zero-order chi connectivity index (χ0) is 13.6. The molecule has 0 aliphatic heterocycles. The van der Waals surface area contributed by atoms with Gasteiger partial charge in [-0.2, -0.15) is 13.2 Å². The quantitative estimate of drug-likeness (QED) is 0.648. The molecule has 0 bridgehead atoms. The Balaban J connectivity index is 2.21. The number of thiazole rings is 1. The fraction of sp³-hybridized carbons (Fsp3) is 0.600. The highest BCUT2D eigenvalue weighted by Gasteiger charge is 2.25. The maximum absolute atomic E-state index is 11.8. The molecule has 1 N–H and O–H groups in total. The van der Waals surface area contributed by atoms with Gasteiger partial charge in [0.15, 0.2) is 0 Å². The van der Waals surface area contributed by atoms with Crippen molar-refractivity contribution in [1.29, 1.82) is 0 Å². The Bertz CT molecular complexity index is 395. The minimum absolute atomic E-state index is 0.0199. The van der Waals surface area contributed by atoms with Crippen molar-refractivity contribution in [2.24, 2.45) is 0 Å². The standard InChI is InChI=1S/C10H12ClF3N2OS/c11-5-7-6-18-9(16-7)4-8(17)15-3-1-2-10(12,13)14/h6H,1-5H2,(H,15,17). The van der Waals surface area contributed by atoms with E-state index in [1.165, 1.54) is 11.3 Å². The third kappa shape index (κ3) is 6.20. The Hall–Kier alpha value is -0.820. The van der Waals surface area contributed by atoms with E-state index in [0.29, 0.717) is 10.7 Å². The van der Waals surface area contributed by atoms with E-state index in [2.05, 4.69) is 10.3 Å². The molecule has 1 heterocycles. The van der Waals surface area contributed by atoms with Crippen LogP contribution < -0.4 is 5.32 Å². The second kappa shape index (κ2) is 6.94. The van der Waals surface area contributed by atoms with Crippen LogP contribution in [0.25, 0.3) is 0 Å². The molecular weight excluding hydrogens is 289 g/mol. The van der Waals surface area contributed by atoms with Crippen molar-refractivity contribution in [3.8, 4) is 0 Å². The summed E-state index contributed by atoms with van der Waals surface area (Å²) in [6.45, 7) is 0.0199. The van der Waals surface area contributed by atoms with E-state index < -0.39 is 12.6 Å². The Labute approximate surface area is 111 Å². The molecule has 102 valence electrons. The van der Waals surface area contributed by atoms with Crippen LogP contribution in [0.3, 0.4) is 0 Å². The number of hydrogen-bond donors (Lipinski definition) is 1. The molecule has 0 spiro atoms. The van der Waals surface area contributed by atoms with Crippen molar-refractivity contribution in [2.45, 2.75) is 31.3 Å². The number of nitrogens with zero attached hydrogens (tertiary/aromatic N) is 1. The maximum atomic E-state index is 11.8. The molecule has 3 nitrogen and oxygen atoms in total. The van der Waals surface area contributed by atoms with Gasteiger partial charge in [0.25, 0.3) is 0 Å². The van der Waals surface area contributed by atoms with Crippen molar-refractivity contribution in [3.63, 3.8) is 0 Å². The average Bonchev–Trinajstić information content (AvgIpc) is 2.71. The summed E-state index contributed by atoms with van der Waals surface area (Å²) in [5.74, 6) is -0.0448. The fourth-order valence-electron chi connectivity index (χ4n) is 1.21. The minimum atomic E-state index is -4.17.